The molecule has 1 aliphatic rings. The van der Waals surface area contributed by atoms with Gasteiger partial charge in [0.1, 0.15) is 6.04 Å². The molecule has 1 aliphatic heterocycles. The molecule has 2 aromatic carbocycles. The number of likely N-dealkylation sites (N-methyl/N-ethyl adjacent to an activating group) is 1. The first-order chi connectivity index (χ1) is 12.5. The molecule has 2 amide bonds. The summed E-state index contributed by atoms with van der Waals surface area (Å²) >= 11 is 11.2. The highest BCUT2D eigenvalue weighted by Crippen LogP contribution is 2.23. The number of carbonyl (C=O) groups is 2. The molecule has 1 N–H and O–H groups in total. The fourth-order valence-corrected chi connectivity index (χ4v) is 3.26. The summed E-state index contributed by atoms with van der Waals surface area (Å²) in [6.45, 7) is 0.481. The second-order valence-corrected chi connectivity index (χ2v) is 6.87. The third-order valence-electron chi connectivity index (χ3n) is 4.23. The van der Waals surface area contributed by atoms with Crippen LogP contribution in [0.2, 0.25) is 5.02 Å². The summed E-state index contributed by atoms with van der Waals surface area (Å²) in [5.41, 5.74) is 1.66. The molecule has 26 heavy (non-hydrogen) atoms. The van der Waals surface area contributed by atoms with Gasteiger partial charge in [0.2, 0.25) is 5.91 Å². The Kier molecular flexibility index (Phi) is 5.54. The summed E-state index contributed by atoms with van der Waals surface area (Å²) in [5.74, 6) is -0.418. The highest BCUT2D eigenvalue weighted by Gasteiger charge is 2.41. The van der Waals surface area contributed by atoms with Crippen molar-refractivity contribution in [1.29, 1.82) is 0 Å². The number of thiocarbonyl (C=S) groups is 1. The van der Waals surface area contributed by atoms with Gasteiger partial charge in [0, 0.05) is 24.3 Å². The highest BCUT2D eigenvalue weighted by atomic mass is 35.5. The van der Waals surface area contributed by atoms with Crippen LogP contribution in [0.1, 0.15) is 12.0 Å². The van der Waals surface area contributed by atoms with Crippen LogP contribution in [-0.2, 0) is 16.1 Å². The minimum atomic E-state index is -0.611. The van der Waals surface area contributed by atoms with Crippen molar-refractivity contribution in [3.63, 3.8) is 0 Å². The zero-order chi connectivity index (χ0) is 18.7. The number of hydrogen-bond donors (Lipinski definition) is 1. The Balaban J connectivity index is 1.72. The second kappa shape index (κ2) is 7.85. The lowest BCUT2D eigenvalue weighted by Crippen LogP contribution is -2.37. The minimum absolute atomic E-state index is 0.0266. The van der Waals surface area contributed by atoms with Crippen LogP contribution < -0.4 is 5.32 Å². The number of anilines is 1. The first kappa shape index (κ1) is 18.4. The Morgan fingerprint density at radius 1 is 1.15 bits per heavy atom. The van der Waals surface area contributed by atoms with Crippen molar-refractivity contribution in [3.8, 4) is 0 Å². The van der Waals surface area contributed by atoms with Crippen molar-refractivity contribution in [2.45, 2.75) is 19.0 Å². The molecule has 0 aromatic heterocycles. The van der Waals surface area contributed by atoms with Crippen molar-refractivity contribution in [2.24, 2.45) is 0 Å². The van der Waals surface area contributed by atoms with Crippen molar-refractivity contribution < 1.29 is 9.59 Å². The first-order valence-electron chi connectivity index (χ1n) is 8.13. The maximum atomic E-state index is 12.5. The molecule has 2 aromatic rings. The van der Waals surface area contributed by atoms with Crippen LogP contribution in [0.25, 0.3) is 0 Å². The van der Waals surface area contributed by atoms with Crippen molar-refractivity contribution in [2.75, 3.05) is 12.4 Å². The number of rotatable bonds is 5. The van der Waals surface area contributed by atoms with Gasteiger partial charge in [-0.25, -0.2) is 0 Å². The smallest absolute Gasteiger partial charge is 0.251 e. The third kappa shape index (κ3) is 4.03. The Labute approximate surface area is 162 Å². The van der Waals surface area contributed by atoms with Crippen LogP contribution in [0.15, 0.2) is 54.6 Å². The molecule has 0 spiro atoms. The van der Waals surface area contributed by atoms with Crippen LogP contribution in [0.4, 0.5) is 5.69 Å². The fraction of sp³-hybridized carbons (Fsp3) is 0.211. The van der Waals surface area contributed by atoms with Crippen LogP contribution in [0.3, 0.4) is 0 Å². The van der Waals surface area contributed by atoms with Gasteiger partial charge >= 0.3 is 0 Å². The van der Waals surface area contributed by atoms with Gasteiger partial charge in [-0.1, -0.05) is 41.9 Å². The molecule has 1 fully saturated rings. The predicted octanol–water partition coefficient (Wildman–Crippen LogP) is 3.30. The Morgan fingerprint density at radius 3 is 2.46 bits per heavy atom. The van der Waals surface area contributed by atoms with E-state index in [9.17, 15) is 9.59 Å². The van der Waals surface area contributed by atoms with Gasteiger partial charge in [0.05, 0.1) is 6.42 Å². The Morgan fingerprint density at radius 2 is 1.81 bits per heavy atom. The molecule has 0 saturated carbocycles. The molecule has 134 valence electrons. The molecular formula is C19H18ClN3O2S. The molecule has 3 rings (SSSR count). The number of amides is 2. The largest absolute Gasteiger partial charge is 0.332 e. The van der Waals surface area contributed by atoms with Crippen LogP contribution in [0, 0.1) is 0 Å². The number of halogens is 1. The predicted molar refractivity (Wildman–Crippen MR) is 106 cm³/mol. The molecular weight excluding hydrogens is 370 g/mol. The molecule has 1 heterocycles. The summed E-state index contributed by atoms with van der Waals surface area (Å²) in [7, 11) is 1.64. The van der Waals surface area contributed by atoms with Crippen LogP contribution in [0.5, 0.6) is 0 Å². The lowest BCUT2D eigenvalue weighted by molar-refractivity contribution is -0.130. The number of nitrogens with one attached hydrogen (secondary N) is 1. The number of carbonyl (C=O) groups excluding carboxylic acids is 2. The fourth-order valence-electron chi connectivity index (χ4n) is 2.85. The maximum Gasteiger partial charge on any atom is 0.251 e. The van der Waals surface area contributed by atoms with E-state index in [0.717, 1.165) is 5.56 Å². The number of benzene rings is 2. The summed E-state index contributed by atoms with van der Waals surface area (Å²) in [5, 5.41) is 3.82. The normalized spacial score (nSPS) is 16.9. The van der Waals surface area contributed by atoms with Crippen molar-refractivity contribution in [1.82, 2.24) is 9.80 Å². The van der Waals surface area contributed by atoms with Crippen molar-refractivity contribution in [3.05, 3.63) is 65.2 Å². The molecule has 0 bridgehead atoms. The SMILES string of the molecule is CN1C(=O)C(CC(=O)Nc2ccc(Cl)cc2)N(Cc2ccccc2)C1=S. The van der Waals surface area contributed by atoms with Crippen molar-refractivity contribution >= 4 is 46.4 Å². The molecule has 5 nitrogen and oxygen atoms in total. The quantitative estimate of drug-likeness (QED) is 0.800. The van der Waals surface area contributed by atoms with E-state index in [0.29, 0.717) is 22.4 Å². The van der Waals surface area contributed by atoms with Gasteiger partial charge in [-0.05, 0) is 42.0 Å². The molecule has 1 unspecified atom stereocenters. The van der Waals surface area contributed by atoms with Crippen LogP contribution >= 0.6 is 23.8 Å². The van der Waals surface area contributed by atoms with E-state index in [1.54, 1.807) is 36.2 Å². The summed E-state index contributed by atoms with van der Waals surface area (Å²) in [4.78, 5) is 28.2. The number of nitrogens with zero attached hydrogens (tertiary/aromatic N) is 2. The Bertz CT molecular complexity index is 826. The van der Waals surface area contributed by atoms with Gasteiger partial charge in [-0.2, -0.15) is 0 Å². The third-order valence-corrected chi connectivity index (χ3v) is 4.99. The lowest BCUT2D eigenvalue weighted by atomic mass is 10.1. The molecule has 1 atom stereocenters. The average Bonchev–Trinajstić information content (AvgIpc) is 2.83. The van der Waals surface area contributed by atoms with Gasteiger partial charge in [0.15, 0.2) is 5.11 Å². The summed E-state index contributed by atoms with van der Waals surface area (Å²) in [6.07, 6.45) is 0.0266. The van der Waals surface area contributed by atoms with E-state index in [1.807, 2.05) is 30.3 Å². The van der Waals surface area contributed by atoms with E-state index >= 15 is 0 Å². The average molecular weight is 388 g/mol. The van der Waals surface area contributed by atoms with E-state index in [2.05, 4.69) is 5.32 Å². The van der Waals surface area contributed by atoms with Crippen LogP contribution in [-0.4, -0.2) is 39.8 Å². The zero-order valence-corrected chi connectivity index (χ0v) is 15.8. The zero-order valence-electron chi connectivity index (χ0n) is 14.2. The number of hydrogen-bond acceptors (Lipinski definition) is 3. The van der Waals surface area contributed by atoms with E-state index < -0.39 is 6.04 Å². The van der Waals surface area contributed by atoms with Gasteiger partial charge in [-0.3, -0.25) is 14.5 Å². The highest BCUT2D eigenvalue weighted by molar-refractivity contribution is 7.80. The molecule has 0 aliphatic carbocycles. The lowest BCUT2D eigenvalue weighted by Gasteiger charge is -2.23. The van der Waals surface area contributed by atoms with Gasteiger partial charge in [-0.15, -0.1) is 0 Å². The first-order valence-corrected chi connectivity index (χ1v) is 8.92. The molecule has 7 heteroatoms. The summed E-state index contributed by atoms with van der Waals surface area (Å²) in [6, 6.07) is 16.0. The molecule has 0 radical (unpaired) electrons. The molecule has 1 saturated heterocycles. The topological polar surface area (TPSA) is 52.7 Å². The van der Waals surface area contributed by atoms with E-state index in [1.165, 1.54) is 4.90 Å². The minimum Gasteiger partial charge on any atom is -0.332 e. The second-order valence-electron chi connectivity index (χ2n) is 6.07. The van der Waals surface area contributed by atoms with Gasteiger partial charge < -0.3 is 10.2 Å². The monoisotopic (exact) mass is 387 g/mol. The van der Waals surface area contributed by atoms with E-state index in [-0.39, 0.29) is 18.2 Å². The standard InChI is InChI=1S/C19H18ClN3O2S/c1-22-18(25)16(11-17(24)21-15-9-7-14(20)8-10-15)23(19(22)26)12-13-5-3-2-4-6-13/h2-10,16H,11-12H2,1H3,(H,21,24). The Hall–Kier alpha value is -2.44. The van der Waals surface area contributed by atoms with Gasteiger partial charge in [0.25, 0.3) is 5.91 Å². The maximum absolute atomic E-state index is 12.5. The van der Waals surface area contributed by atoms with E-state index in [4.69, 9.17) is 23.8 Å². The summed E-state index contributed by atoms with van der Waals surface area (Å²) < 4.78 is 0.